The molecule has 46 heavy (non-hydrogen) atoms. The van der Waals surface area contributed by atoms with Crippen LogP contribution in [0.1, 0.15) is 147 Å². The van der Waals surface area contributed by atoms with E-state index >= 15 is 0 Å². The van der Waals surface area contributed by atoms with Crippen LogP contribution in [0.4, 0.5) is 0 Å². The summed E-state index contributed by atoms with van der Waals surface area (Å²) in [6.45, 7) is 6.08. The maximum Gasteiger partial charge on any atom is 0.205 e. The van der Waals surface area contributed by atoms with Crippen molar-refractivity contribution in [2.45, 2.75) is 152 Å². The lowest BCUT2D eigenvalue weighted by Crippen LogP contribution is -2.34. The zero-order chi connectivity index (χ0) is 32.7. The van der Waals surface area contributed by atoms with Crippen LogP contribution in [0.5, 0.6) is 5.75 Å². The molecule has 1 aliphatic rings. The fraction of sp³-hybridized carbons (Fsp3) is 0.650. The highest BCUT2D eigenvalue weighted by Crippen LogP contribution is 2.24. The molecule has 0 bridgehead atoms. The SMILES string of the molecule is CCCCCCCCCCCCCCCCCCOc1ccc(C=Cc2ccc(S(=O)(=O)C(CC)OC3CCCOC3)cc2)cc1. The fourth-order valence-corrected chi connectivity index (χ4v) is 7.61. The first-order valence-electron chi connectivity index (χ1n) is 18.5. The first-order valence-corrected chi connectivity index (χ1v) is 20.1. The molecule has 0 aromatic heterocycles. The largest absolute Gasteiger partial charge is 0.494 e. The summed E-state index contributed by atoms with van der Waals surface area (Å²) < 4.78 is 43.8. The molecule has 0 spiro atoms. The minimum absolute atomic E-state index is 0.161. The minimum atomic E-state index is -3.58. The lowest BCUT2D eigenvalue weighted by molar-refractivity contribution is -0.0617. The Labute approximate surface area is 281 Å². The molecule has 0 N–H and O–H groups in total. The Morgan fingerprint density at radius 1 is 0.717 bits per heavy atom. The van der Waals surface area contributed by atoms with Gasteiger partial charge in [-0.15, -0.1) is 0 Å². The van der Waals surface area contributed by atoms with Crippen LogP contribution in [0.3, 0.4) is 0 Å². The molecule has 0 aliphatic carbocycles. The summed E-state index contributed by atoms with van der Waals surface area (Å²) >= 11 is 0. The molecule has 258 valence electrons. The van der Waals surface area contributed by atoms with E-state index < -0.39 is 15.3 Å². The highest BCUT2D eigenvalue weighted by molar-refractivity contribution is 7.91. The van der Waals surface area contributed by atoms with Gasteiger partial charge in [0.1, 0.15) is 5.75 Å². The van der Waals surface area contributed by atoms with Crippen molar-refractivity contribution < 1.29 is 22.6 Å². The highest BCUT2D eigenvalue weighted by Gasteiger charge is 2.30. The van der Waals surface area contributed by atoms with E-state index in [0.717, 1.165) is 49.4 Å². The third-order valence-corrected chi connectivity index (χ3v) is 11.0. The molecular weight excluding hydrogens is 593 g/mol. The average molecular weight is 655 g/mol. The lowest BCUT2D eigenvalue weighted by Gasteiger charge is -2.27. The third-order valence-electron chi connectivity index (χ3n) is 8.97. The molecule has 1 fully saturated rings. The summed E-state index contributed by atoms with van der Waals surface area (Å²) in [6, 6.07) is 15.2. The Hall–Kier alpha value is -2.15. The van der Waals surface area contributed by atoms with E-state index in [9.17, 15) is 8.42 Å². The van der Waals surface area contributed by atoms with Gasteiger partial charge >= 0.3 is 0 Å². The van der Waals surface area contributed by atoms with Crippen molar-refractivity contribution in [2.75, 3.05) is 19.8 Å². The van der Waals surface area contributed by atoms with E-state index in [1.165, 1.54) is 96.3 Å². The fourth-order valence-electron chi connectivity index (χ4n) is 6.05. The highest BCUT2D eigenvalue weighted by atomic mass is 32.2. The Kier molecular flexibility index (Phi) is 19.3. The normalized spacial score (nSPS) is 16.2. The number of hydrogen-bond acceptors (Lipinski definition) is 5. The standard InChI is InChI=1S/C40H62O5S/c1-3-5-6-7-8-9-10-11-12-13-14-15-16-17-18-19-33-44-37-28-24-35(25-29-37)22-23-36-26-30-39(31-27-36)46(41,42)40(4-2)45-38-21-20-32-43-34-38/h22-31,38,40H,3-21,32-34H2,1-2H3. The second kappa shape index (κ2) is 23.2. The van der Waals surface area contributed by atoms with Crippen molar-refractivity contribution >= 4 is 22.0 Å². The second-order valence-electron chi connectivity index (χ2n) is 13.0. The number of hydrogen-bond donors (Lipinski definition) is 0. The van der Waals surface area contributed by atoms with Crippen LogP contribution in [-0.4, -0.2) is 39.8 Å². The van der Waals surface area contributed by atoms with E-state index in [2.05, 4.69) is 19.1 Å². The predicted molar refractivity (Wildman–Crippen MR) is 193 cm³/mol. The van der Waals surface area contributed by atoms with Gasteiger partial charge in [0.05, 0.1) is 24.2 Å². The van der Waals surface area contributed by atoms with Crippen LogP contribution >= 0.6 is 0 Å². The summed E-state index contributed by atoms with van der Waals surface area (Å²) in [5.41, 5.74) is 1.16. The summed E-state index contributed by atoms with van der Waals surface area (Å²) in [5, 5.41) is 0. The van der Waals surface area contributed by atoms with Gasteiger partial charge in [-0.3, -0.25) is 0 Å². The van der Waals surface area contributed by atoms with Crippen LogP contribution in [-0.2, 0) is 19.3 Å². The molecular formula is C40H62O5S. The van der Waals surface area contributed by atoms with Gasteiger partial charge in [0.25, 0.3) is 0 Å². The zero-order valence-electron chi connectivity index (χ0n) is 28.9. The molecule has 2 aromatic carbocycles. The number of rotatable bonds is 25. The number of unbranched alkanes of at least 4 members (excludes halogenated alkanes) is 15. The van der Waals surface area contributed by atoms with Gasteiger partial charge < -0.3 is 14.2 Å². The average Bonchev–Trinajstić information content (AvgIpc) is 3.08. The molecule has 6 heteroatoms. The number of sulfone groups is 1. The quantitative estimate of drug-likeness (QED) is 0.0787. The maximum atomic E-state index is 13.2. The molecule has 0 radical (unpaired) electrons. The molecule has 2 aromatic rings. The Morgan fingerprint density at radius 3 is 1.70 bits per heavy atom. The molecule has 5 nitrogen and oxygen atoms in total. The van der Waals surface area contributed by atoms with Crippen LogP contribution in [0.2, 0.25) is 0 Å². The number of ether oxygens (including phenoxy) is 3. The van der Waals surface area contributed by atoms with Gasteiger partial charge in [0.15, 0.2) is 5.44 Å². The van der Waals surface area contributed by atoms with Crippen molar-refractivity contribution in [3.8, 4) is 5.75 Å². The van der Waals surface area contributed by atoms with Crippen LogP contribution < -0.4 is 4.74 Å². The maximum absolute atomic E-state index is 13.2. The second-order valence-corrected chi connectivity index (χ2v) is 15.1. The van der Waals surface area contributed by atoms with E-state index in [1.807, 2.05) is 43.3 Å². The van der Waals surface area contributed by atoms with Gasteiger partial charge in [-0.2, -0.15) is 0 Å². The smallest absolute Gasteiger partial charge is 0.205 e. The van der Waals surface area contributed by atoms with Gasteiger partial charge in [0, 0.05) is 6.61 Å². The summed E-state index contributed by atoms with van der Waals surface area (Å²) in [6.07, 6.45) is 28.0. The van der Waals surface area contributed by atoms with Crippen molar-refractivity contribution in [1.29, 1.82) is 0 Å². The van der Waals surface area contributed by atoms with Crippen LogP contribution in [0.25, 0.3) is 12.2 Å². The van der Waals surface area contributed by atoms with Gasteiger partial charge in [-0.05, 0) is 61.1 Å². The van der Waals surface area contributed by atoms with E-state index in [1.54, 1.807) is 12.1 Å². The molecule has 3 rings (SSSR count). The Bertz CT molecular complexity index is 1170. The lowest BCUT2D eigenvalue weighted by atomic mass is 10.0. The molecule has 0 saturated carbocycles. The van der Waals surface area contributed by atoms with Gasteiger partial charge in [-0.1, -0.05) is 147 Å². The van der Waals surface area contributed by atoms with E-state index in [0.29, 0.717) is 17.9 Å². The van der Waals surface area contributed by atoms with Crippen molar-refractivity contribution in [1.82, 2.24) is 0 Å². The molecule has 2 unspecified atom stereocenters. The monoisotopic (exact) mass is 654 g/mol. The van der Waals surface area contributed by atoms with E-state index in [4.69, 9.17) is 14.2 Å². The van der Waals surface area contributed by atoms with Crippen molar-refractivity contribution in [3.05, 3.63) is 59.7 Å². The number of benzene rings is 2. The minimum Gasteiger partial charge on any atom is -0.494 e. The van der Waals surface area contributed by atoms with Gasteiger partial charge in [-0.25, -0.2) is 8.42 Å². The van der Waals surface area contributed by atoms with Gasteiger partial charge in [0.2, 0.25) is 9.84 Å². The molecule has 2 atom stereocenters. The molecule has 1 aliphatic heterocycles. The topological polar surface area (TPSA) is 61.8 Å². The van der Waals surface area contributed by atoms with Crippen LogP contribution in [0.15, 0.2) is 53.4 Å². The predicted octanol–water partition coefficient (Wildman–Crippen LogP) is 11.2. The summed E-state index contributed by atoms with van der Waals surface area (Å²) in [5.74, 6) is 0.903. The molecule has 1 saturated heterocycles. The Morgan fingerprint density at radius 2 is 1.22 bits per heavy atom. The molecule has 1 heterocycles. The first-order chi connectivity index (χ1) is 22.5. The van der Waals surface area contributed by atoms with Crippen molar-refractivity contribution in [3.63, 3.8) is 0 Å². The summed E-state index contributed by atoms with van der Waals surface area (Å²) in [4.78, 5) is 0.291. The van der Waals surface area contributed by atoms with E-state index in [-0.39, 0.29) is 6.10 Å². The van der Waals surface area contributed by atoms with Crippen molar-refractivity contribution in [2.24, 2.45) is 0 Å². The third kappa shape index (κ3) is 15.2. The first kappa shape index (κ1) is 38.3. The molecule has 0 amide bonds. The zero-order valence-corrected chi connectivity index (χ0v) is 29.8. The van der Waals surface area contributed by atoms with Crippen LogP contribution in [0, 0.1) is 0 Å². The summed E-state index contributed by atoms with van der Waals surface area (Å²) in [7, 11) is -3.58. The Balaban J connectivity index is 1.25.